The molecule has 3 heterocycles. The zero-order valence-electron chi connectivity index (χ0n) is 17.1. The number of carbonyl (C=O) groups is 1. The zero-order chi connectivity index (χ0) is 22.6. The van der Waals surface area contributed by atoms with E-state index in [1.165, 1.54) is 40.1 Å². The van der Waals surface area contributed by atoms with Gasteiger partial charge in [-0.3, -0.25) is 14.2 Å². The number of carbonyl (C=O) groups excluding carboxylic acids is 1. The molecule has 1 amide bonds. The van der Waals surface area contributed by atoms with Crippen LogP contribution in [0.4, 0.5) is 8.78 Å². The summed E-state index contributed by atoms with van der Waals surface area (Å²) in [5.41, 5.74) is -0.519. The van der Waals surface area contributed by atoms with Crippen LogP contribution in [-0.4, -0.2) is 39.1 Å². The summed E-state index contributed by atoms with van der Waals surface area (Å²) >= 11 is 4.52. The summed E-state index contributed by atoms with van der Waals surface area (Å²) in [4.78, 5) is 32.9. The standard InChI is InChI=1S/C23H18BrF2N3O2S/c1-23(26)10-29(11-23)18(30)9-28-12-27-21-20(22(28)31)19(14-5-6-16(25)15(24)8-14)17(32-21)7-4-13-2-3-13/h5-6,8,12-13H,2-3,9-11H2,1H3. The number of alkyl halides is 1. The average Bonchev–Trinajstić information content (AvgIpc) is 3.48. The maximum absolute atomic E-state index is 13.9. The number of halogens is 3. The molecule has 0 atom stereocenters. The van der Waals surface area contributed by atoms with E-state index in [4.69, 9.17) is 0 Å². The van der Waals surface area contributed by atoms with Crippen LogP contribution < -0.4 is 5.56 Å². The summed E-state index contributed by atoms with van der Waals surface area (Å²) in [5.74, 6) is 6.03. The Morgan fingerprint density at radius 2 is 2.12 bits per heavy atom. The van der Waals surface area contributed by atoms with Crippen molar-refractivity contribution in [2.24, 2.45) is 5.92 Å². The number of hydrogen-bond acceptors (Lipinski definition) is 4. The number of likely N-dealkylation sites (tertiary alicyclic amines) is 1. The van der Waals surface area contributed by atoms with Gasteiger partial charge in [-0.2, -0.15) is 0 Å². The highest BCUT2D eigenvalue weighted by Crippen LogP contribution is 2.38. The highest BCUT2D eigenvalue weighted by molar-refractivity contribution is 9.10. The van der Waals surface area contributed by atoms with Gasteiger partial charge in [0.2, 0.25) is 5.91 Å². The molecule has 1 aromatic carbocycles. The highest BCUT2D eigenvalue weighted by atomic mass is 79.9. The van der Waals surface area contributed by atoms with Gasteiger partial charge in [-0.1, -0.05) is 17.9 Å². The van der Waals surface area contributed by atoms with Crippen LogP contribution in [0.3, 0.4) is 0 Å². The molecule has 3 aromatic rings. The first-order valence-corrected chi connectivity index (χ1v) is 11.8. The van der Waals surface area contributed by atoms with Gasteiger partial charge in [0.1, 0.15) is 22.9 Å². The Hall–Kier alpha value is -2.57. The monoisotopic (exact) mass is 517 g/mol. The average molecular weight is 518 g/mol. The molecule has 0 unspecified atom stereocenters. The molecular formula is C23H18BrF2N3O2S. The van der Waals surface area contributed by atoms with E-state index >= 15 is 0 Å². The van der Waals surface area contributed by atoms with E-state index in [0.717, 1.165) is 12.8 Å². The smallest absolute Gasteiger partial charge is 0.263 e. The lowest BCUT2D eigenvalue weighted by molar-refractivity contribution is -0.144. The summed E-state index contributed by atoms with van der Waals surface area (Å²) in [6.07, 6.45) is 3.48. The minimum absolute atomic E-state index is 0.0183. The summed E-state index contributed by atoms with van der Waals surface area (Å²) in [6, 6.07) is 4.55. The number of fused-ring (bicyclic) bond motifs is 1. The molecule has 5 nitrogen and oxygen atoms in total. The van der Waals surface area contributed by atoms with Crippen LogP contribution in [0.2, 0.25) is 0 Å². The Morgan fingerprint density at radius 1 is 1.38 bits per heavy atom. The molecule has 164 valence electrons. The number of hydrogen-bond donors (Lipinski definition) is 0. The number of amides is 1. The van der Waals surface area contributed by atoms with E-state index in [2.05, 4.69) is 32.8 Å². The summed E-state index contributed by atoms with van der Waals surface area (Å²) in [5, 5.41) is 0.350. The van der Waals surface area contributed by atoms with Gasteiger partial charge in [-0.05, 0) is 53.4 Å². The van der Waals surface area contributed by atoms with E-state index in [-0.39, 0.29) is 35.6 Å². The van der Waals surface area contributed by atoms with Crippen molar-refractivity contribution in [3.8, 4) is 23.0 Å². The number of thiophene rings is 1. The SMILES string of the molecule is CC1(F)CN(C(=O)Cn2cnc3sc(C#CC4CC4)c(-c4ccc(F)c(Br)c4)c3c2=O)C1. The molecule has 0 spiro atoms. The van der Waals surface area contributed by atoms with Crippen LogP contribution in [0.1, 0.15) is 24.6 Å². The molecule has 9 heteroatoms. The molecule has 0 bridgehead atoms. The lowest BCUT2D eigenvalue weighted by Crippen LogP contribution is -2.60. The minimum atomic E-state index is -1.38. The fourth-order valence-electron chi connectivity index (χ4n) is 3.72. The molecular weight excluding hydrogens is 500 g/mol. The second-order valence-electron chi connectivity index (χ2n) is 8.50. The van der Waals surface area contributed by atoms with Crippen molar-refractivity contribution in [3.63, 3.8) is 0 Å². The van der Waals surface area contributed by atoms with Crippen LogP contribution in [0, 0.1) is 23.6 Å². The van der Waals surface area contributed by atoms with Crippen molar-refractivity contribution in [1.82, 2.24) is 14.5 Å². The van der Waals surface area contributed by atoms with Crippen molar-refractivity contribution in [1.29, 1.82) is 0 Å². The van der Waals surface area contributed by atoms with Gasteiger partial charge in [0.05, 0.1) is 34.2 Å². The predicted molar refractivity (Wildman–Crippen MR) is 123 cm³/mol. The number of benzene rings is 1. The fourth-order valence-corrected chi connectivity index (χ4v) is 5.12. The number of nitrogens with zero attached hydrogens (tertiary/aromatic N) is 3. The Labute approximate surface area is 195 Å². The summed E-state index contributed by atoms with van der Waals surface area (Å²) < 4.78 is 29.1. The van der Waals surface area contributed by atoms with Gasteiger partial charge in [-0.15, -0.1) is 11.3 Å². The van der Waals surface area contributed by atoms with Crippen LogP contribution in [0.15, 0.2) is 33.8 Å². The van der Waals surface area contributed by atoms with Gasteiger partial charge < -0.3 is 4.90 Å². The van der Waals surface area contributed by atoms with Gasteiger partial charge in [0.25, 0.3) is 5.56 Å². The molecule has 1 saturated heterocycles. The molecule has 2 aromatic heterocycles. The van der Waals surface area contributed by atoms with Crippen molar-refractivity contribution >= 4 is 43.4 Å². The molecule has 0 N–H and O–H groups in total. The maximum Gasteiger partial charge on any atom is 0.263 e. The zero-order valence-corrected chi connectivity index (χ0v) is 19.5. The van der Waals surface area contributed by atoms with E-state index in [1.807, 2.05) is 0 Å². The van der Waals surface area contributed by atoms with Crippen LogP contribution in [-0.2, 0) is 11.3 Å². The third-order valence-corrected chi connectivity index (χ3v) is 7.17. The first-order valence-electron chi connectivity index (χ1n) is 10.2. The molecule has 5 rings (SSSR count). The lowest BCUT2D eigenvalue weighted by Gasteiger charge is -2.42. The first kappa shape index (κ1) is 21.3. The maximum atomic E-state index is 13.9. The summed E-state index contributed by atoms with van der Waals surface area (Å²) in [7, 11) is 0. The summed E-state index contributed by atoms with van der Waals surface area (Å²) in [6.45, 7) is 1.26. The molecule has 2 fully saturated rings. The normalized spacial score (nSPS) is 17.1. The first-order chi connectivity index (χ1) is 15.2. The van der Waals surface area contributed by atoms with E-state index in [1.54, 1.807) is 12.1 Å². The quantitative estimate of drug-likeness (QED) is 0.485. The van der Waals surface area contributed by atoms with Crippen molar-refractivity contribution in [2.45, 2.75) is 32.0 Å². The third kappa shape index (κ3) is 3.97. The van der Waals surface area contributed by atoms with Crippen molar-refractivity contribution in [3.05, 3.63) is 50.0 Å². The van der Waals surface area contributed by atoms with Gasteiger partial charge in [0, 0.05) is 11.5 Å². The van der Waals surface area contributed by atoms with Crippen LogP contribution >= 0.6 is 27.3 Å². The number of rotatable bonds is 3. The minimum Gasteiger partial charge on any atom is -0.335 e. The Kier molecular flexibility index (Phi) is 5.18. The molecule has 2 aliphatic rings. The second kappa shape index (κ2) is 7.78. The Bertz CT molecular complexity index is 1370. The van der Waals surface area contributed by atoms with Gasteiger partial charge >= 0.3 is 0 Å². The lowest BCUT2D eigenvalue weighted by atomic mass is 9.99. The van der Waals surface area contributed by atoms with Crippen molar-refractivity contribution in [2.75, 3.05) is 13.1 Å². The molecule has 0 radical (unpaired) electrons. The number of aromatic nitrogens is 2. The highest BCUT2D eigenvalue weighted by Gasteiger charge is 2.41. The topological polar surface area (TPSA) is 55.2 Å². The molecule has 1 aliphatic carbocycles. The second-order valence-corrected chi connectivity index (χ2v) is 10.4. The third-order valence-electron chi connectivity index (χ3n) is 5.55. The Morgan fingerprint density at radius 3 is 2.78 bits per heavy atom. The molecule has 1 saturated carbocycles. The van der Waals surface area contributed by atoms with Crippen molar-refractivity contribution < 1.29 is 13.6 Å². The van der Waals surface area contributed by atoms with E-state index < -0.39 is 11.5 Å². The Balaban J connectivity index is 1.60. The van der Waals surface area contributed by atoms with Gasteiger partial charge in [-0.25, -0.2) is 13.8 Å². The molecule has 1 aliphatic heterocycles. The fraction of sp³-hybridized carbons (Fsp3) is 0.348. The van der Waals surface area contributed by atoms with E-state index in [9.17, 15) is 18.4 Å². The van der Waals surface area contributed by atoms with Crippen LogP contribution in [0.5, 0.6) is 0 Å². The largest absolute Gasteiger partial charge is 0.335 e. The van der Waals surface area contributed by atoms with E-state index in [0.29, 0.717) is 32.1 Å². The predicted octanol–water partition coefficient (Wildman–Crippen LogP) is 4.36. The van der Waals surface area contributed by atoms with Gasteiger partial charge in [0.15, 0.2) is 0 Å². The van der Waals surface area contributed by atoms with Crippen LogP contribution in [0.25, 0.3) is 21.3 Å². The molecule has 32 heavy (non-hydrogen) atoms.